The largest absolute Gasteiger partial charge is 0.376 e. The standard InChI is InChI=1S/C17H23N3O/c1-16(2)12-17(9-11-21-16,15-6-4-3-5-7-15)8-10-20-13-18-19-14-20/h3-7,13-14H,8-12H2,1-2H3/t17-/m1/s1. The molecule has 4 heteroatoms. The average Bonchev–Trinajstić information content (AvgIpc) is 2.98. The summed E-state index contributed by atoms with van der Waals surface area (Å²) < 4.78 is 8.01. The van der Waals surface area contributed by atoms with Crippen LogP contribution in [0.4, 0.5) is 0 Å². The molecule has 1 saturated heterocycles. The molecular weight excluding hydrogens is 262 g/mol. The molecule has 2 aromatic rings. The molecule has 0 amide bonds. The van der Waals surface area contributed by atoms with Gasteiger partial charge in [-0.15, -0.1) is 10.2 Å². The van der Waals surface area contributed by atoms with Crippen molar-refractivity contribution >= 4 is 0 Å². The normalized spacial score (nSPS) is 24.9. The van der Waals surface area contributed by atoms with E-state index in [4.69, 9.17) is 4.74 Å². The molecule has 1 aliphatic heterocycles. The maximum absolute atomic E-state index is 5.95. The van der Waals surface area contributed by atoms with Crippen molar-refractivity contribution < 1.29 is 4.74 Å². The second-order valence-corrected chi connectivity index (χ2v) is 6.63. The number of nitrogens with zero attached hydrogens (tertiary/aromatic N) is 3. The molecule has 1 aromatic heterocycles. The first-order valence-electron chi connectivity index (χ1n) is 7.62. The van der Waals surface area contributed by atoms with E-state index in [1.54, 1.807) is 12.7 Å². The summed E-state index contributed by atoms with van der Waals surface area (Å²) in [5, 5.41) is 7.80. The van der Waals surface area contributed by atoms with Crippen molar-refractivity contribution in [1.82, 2.24) is 14.8 Å². The van der Waals surface area contributed by atoms with Gasteiger partial charge in [0, 0.05) is 18.6 Å². The molecule has 0 aliphatic carbocycles. The van der Waals surface area contributed by atoms with Crippen LogP contribution in [0.5, 0.6) is 0 Å². The summed E-state index contributed by atoms with van der Waals surface area (Å²) in [5.41, 5.74) is 1.53. The van der Waals surface area contributed by atoms with Crippen molar-refractivity contribution in [2.45, 2.75) is 50.7 Å². The van der Waals surface area contributed by atoms with E-state index in [9.17, 15) is 0 Å². The minimum Gasteiger partial charge on any atom is -0.376 e. The summed E-state index contributed by atoms with van der Waals surface area (Å²) in [6.45, 7) is 6.16. The third kappa shape index (κ3) is 3.16. The summed E-state index contributed by atoms with van der Waals surface area (Å²) in [7, 11) is 0. The van der Waals surface area contributed by atoms with E-state index in [-0.39, 0.29) is 11.0 Å². The van der Waals surface area contributed by atoms with Crippen molar-refractivity contribution in [1.29, 1.82) is 0 Å². The van der Waals surface area contributed by atoms with E-state index in [2.05, 4.69) is 58.9 Å². The van der Waals surface area contributed by atoms with Crippen LogP contribution in [0, 0.1) is 0 Å². The maximum Gasteiger partial charge on any atom is 0.119 e. The second kappa shape index (κ2) is 5.60. The summed E-state index contributed by atoms with van der Waals surface area (Å²) in [5.74, 6) is 0. The molecule has 112 valence electrons. The highest BCUT2D eigenvalue weighted by Gasteiger charge is 2.41. The Hall–Kier alpha value is -1.68. The zero-order chi connectivity index (χ0) is 14.8. The smallest absolute Gasteiger partial charge is 0.119 e. The summed E-state index contributed by atoms with van der Waals surface area (Å²) in [4.78, 5) is 0. The van der Waals surface area contributed by atoms with Gasteiger partial charge in [-0.05, 0) is 38.7 Å². The molecule has 0 radical (unpaired) electrons. The highest BCUT2D eigenvalue weighted by atomic mass is 16.5. The Kier molecular flexibility index (Phi) is 3.81. The molecule has 4 nitrogen and oxygen atoms in total. The molecule has 0 saturated carbocycles. The van der Waals surface area contributed by atoms with Crippen LogP contribution >= 0.6 is 0 Å². The molecule has 2 heterocycles. The van der Waals surface area contributed by atoms with E-state index in [0.717, 1.165) is 32.4 Å². The molecule has 0 N–H and O–H groups in total. The number of hydrogen-bond acceptors (Lipinski definition) is 3. The van der Waals surface area contributed by atoms with Crippen LogP contribution in [0.3, 0.4) is 0 Å². The molecule has 1 fully saturated rings. The predicted octanol–water partition coefficient (Wildman–Crippen LogP) is 3.20. The van der Waals surface area contributed by atoms with E-state index in [0.29, 0.717) is 0 Å². The zero-order valence-corrected chi connectivity index (χ0v) is 12.8. The van der Waals surface area contributed by atoms with E-state index < -0.39 is 0 Å². The molecule has 1 aromatic carbocycles. The van der Waals surface area contributed by atoms with Gasteiger partial charge in [0.1, 0.15) is 12.7 Å². The van der Waals surface area contributed by atoms with Crippen LogP contribution in [0.2, 0.25) is 0 Å². The Bertz CT molecular complexity index is 565. The maximum atomic E-state index is 5.95. The average molecular weight is 285 g/mol. The van der Waals surface area contributed by atoms with Crippen molar-refractivity contribution in [3.8, 4) is 0 Å². The number of hydrogen-bond donors (Lipinski definition) is 0. The van der Waals surface area contributed by atoms with Gasteiger partial charge in [-0.1, -0.05) is 30.3 Å². The highest BCUT2D eigenvalue weighted by Crippen LogP contribution is 2.44. The number of aryl methyl sites for hydroxylation is 1. The number of aromatic nitrogens is 3. The third-order valence-electron chi connectivity index (χ3n) is 4.54. The Morgan fingerprint density at radius 1 is 1.14 bits per heavy atom. The molecule has 0 spiro atoms. The van der Waals surface area contributed by atoms with Crippen LogP contribution in [0.15, 0.2) is 43.0 Å². The quantitative estimate of drug-likeness (QED) is 0.866. The highest BCUT2D eigenvalue weighted by molar-refractivity contribution is 5.27. The van der Waals surface area contributed by atoms with Gasteiger partial charge in [0.2, 0.25) is 0 Å². The van der Waals surface area contributed by atoms with Crippen LogP contribution in [-0.2, 0) is 16.7 Å². The zero-order valence-electron chi connectivity index (χ0n) is 12.8. The third-order valence-corrected chi connectivity index (χ3v) is 4.54. The van der Waals surface area contributed by atoms with Gasteiger partial charge >= 0.3 is 0 Å². The van der Waals surface area contributed by atoms with Gasteiger partial charge in [0.15, 0.2) is 0 Å². The number of rotatable bonds is 4. The Morgan fingerprint density at radius 2 is 1.86 bits per heavy atom. The minimum absolute atomic E-state index is 0.0682. The molecule has 1 atom stereocenters. The first kappa shape index (κ1) is 14.3. The summed E-state index contributed by atoms with van der Waals surface area (Å²) in [6, 6.07) is 10.9. The summed E-state index contributed by atoms with van der Waals surface area (Å²) in [6.07, 6.45) is 6.79. The fourth-order valence-corrected chi connectivity index (χ4v) is 3.55. The molecule has 3 rings (SSSR count). The van der Waals surface area contributed by atoms with E-state index >= 15 is 0 Å². The van der Waals surface area contributed by atoms with Gasteiger partial charge in [0.05, 0.1) is 5.60 Å². The van der Waals surface area contributed by atoms with Gasteiger partial charge < -0.3 is 9.30 Å². The van der Waals surface area contributed by atoms with Crippen LogP contribution in [0.1, 0.15) is 38.7 Å². The van der Waals surface area contributed by atoms with Gasteiger partial charge in [-0.25, -0.2) is 0 Å². The Balaban J connectivity index is 1.87. The lowest BCUT2D eigenvalue weighted by Gasteiger charge is -2.45. The van der Waals surface area contributed by atoms with E-state index in [1.807, 2.05) is 0 Å². The number of ether oxygens (including phenoxy) is 1. The lowest BCUT2D eigenvalue weighted by molar-refractivity contribution is -0.0848. The molecule has 1 aliphatic rings. The van der Waals surface area contributed by atoms with Crippen molar-refractivity contribution in [3.05, 3.63) is 48.5 Å². The van der Waals surface area contributed by atoms with Crippen molar-refractivity contribution in [3.63, 3.8) is 0 Å². The fraction of sp³-hybridized carbons (Fsp3) is 0.529. The molecule has 21 heavy (non-hydrogen) atoms. The van der Waals surface area contributed by atoms with Crippen LogP contribution in [-0.4, -0.2) is 27.0 Å². The lowest BCUT2D eigenvalue weighted by atomic mass is 9.67. The van der Waals surface area contributed by atoms with Crippen LogP contribution in [0.25, 0.3) is 0 Å². The minimum atomic E-state index is -0.0682. The monoisotopic (exact) mass is 285 g/mol. The molecule has 0 bridgehead atoms. The lowest BCUT2D eigenvalue weighted by Crippen LogP contribution is -2.44. The molecule has 0 unspecified atom stereocenters. The second-order valence-electron chi connectivity index (χ2n) is 6.63. The van der Waals surface area contributed by atoms with Gasteiger partial charge in [-0.3, -0.25) is 0 Å². The summed E-state index contributed by atoms with van der Waals surface area (Å²) >= 11 is 0. The SMILES string of the molecule is CC1(C)C[C@](CCn2cnnc2)(c2ccccc2)CCO1. The van der Waals surface area contributed by atoms with Crippen molar-refractivity contribution in [2.75, 3.05) is 6.61 Å². The molecular formula is C17H23N3O. The first-order chi connectivity index (χ1) is 10.1. The fourth-order valence-electron chi connectivity index (χ4n) is 3.55. The predicted molar refractivity (Wildman–Crippen MR) is 82.0 cm³/mol. The Morgan fingerprint density at radius 3 is 2.52 bits per heavy atom. The first-order valence-corrected chi connectivity index (χ1v) is 7.62. The topological polar surface area (TPSA) is 39.9 Å². The van der Waals surface area contributed by atoms with Gasteiger partial charge in [0.25, 0.3) is 0 Å². The Labute approximate surface area is 126 Å². The van der Waals surface area contributed by atoms with Crippen molar-refractivity contribution in [2.24, 2.45) is 0 Å². The van der Waals surface area contributed by atoms with Crippen LogP contribution < -0.4 is 0 Å². The number of benzene rings is 1. The van der Waals surface area contributed by atoms with E-state index in [1.165, 1.54) is 5.56 Å². The van der Waals surface area contributed by atoms with Gasteiger partial charge in [-0.2, -0.15) is 0 Å².